The summed E-state index contributed by atoms with van der Waals surface area (Å²) in [5, 5.41) is 0. The zero-order chi connectivity index (χ0) is 11.6. The molecule has 0 heterocycles. The van der Waals surface area contributed by atoms with Crippen molar-refractivity contribution in [3.05, 3.63) is 62.5 Å². The SMILES string of the molecule is CCCC1=[C-]CC=C1.CCCC1=[C-]CC=C1.[CH3-].[CH3-].[Hf+4]. The normalized spacial score (nSPS) is 14.2. The zero-order valence-corrected chi connectivity index (χ0v) is 16.6. The first-order chi connectivity index (χ1) is 7.86. The van der Waals surface area contributed by atoms with Crippen molar-refractivity contribution in [1.82, 2.24) is 0 Å². The first-order valence-electron chi connectivity index (χ1n) is 6.39. The fraction of sp³-hybridized carbons (Fsp3) is 0.444. The summed E-state index contributed by atoms with van der Waals surface area (Å²) in [5.41, 5.74) is 2.79. The second-order valence-electron chi connectivity index (χ2n) is 4.12. The summed E-state index contributed by atoms with van der Waals surface area (Å²) in [5.74, 6) is 0. The number of rotatable bonds is 4. The maximum Gasteiger partial charge on any atom is 4.00 e. The molecule has 0 aliphatic heterocycles. The molecular formula is C18H28Hf. The van der Waals surface area contributed by atoms with E-state index in [4.69, 9.17) is 0 Å². The Morgan fingerprint density at radius 3 is 1.42 bits per heavy atom. The first kappa shape index (κ1) is 23.9. The molecule has 19 heavy (non-hydrogen) atoms. The van der Waals surface area contributed by atoms with Crippen LogP contribution in [0.4, 0.5) is 0 Å². The largest absolute Gasteiger partial charge is 4.00 e. The summed E-state index contributed by atoms with van der Waals surface area (Å²) in [6, 6.07) is 0. The number of hydrogen-bond donors (Lipinski definition) is 0. The van der Waals surface area contributed by atoms with Crippen molar-refractivity contribution in [2.24, 2.45) is 0 Å². The fourth-order valence-corrected chi connectivity index (χ4v) is 1.78. The van der Waals surface area contributed by atoms with E-state index in [1.165, 1.54) is 36.8 Å². The molecule has 0 aromatic heterocycles. The third-order valence-electron chi connectivity index (χ3n) is 2.57. The average molecular weight is 423 g/mol. The van der Waals surface area contributed by atoms with Crippen LogP contribution in [0.5, 0.6) is 0 Å². The first-order valence-corrected chi connectivity index (χ1v) is 6.39. The number of allylic oxidation sites excluding steroid dienone is 8. The van der Waals surface area contributed by atoms with Crippen LogP contribution in [-0.4, -0.2) is 0 Å². The summed E-state index contributed by atoms with van der Waals surface area (Å²) in [4.78, 5) is 0. The van der Waals surface area contributed by atoms with Crippen LogP contribution in [0.1, 0.15) is 52.4 Å². The number of hydrogen-bond acceptors (Lipinski definition) is 0. The van der Waals surface area contributed by atoms with Crippen LogP contribution in [0.2, 0.25) is 0 Å². The predicted octanol–water partition coefficient (Wildman–Crippen LogP) is 5.85. The van der Waals surface area contributed by atoms with Crippen LogP contribution in [0, 0.1) is 27.0 Å². The molecule has 0 aromatic carbocycles. The van der Waals surface area contributed by atoms with Crippen molar-refractivity contribution in [2.45, 2.75) is 52.4 Å². The summed E-state index contributed by atoms with van der Waals surface area (Å²) >= 11 is 0. The van der Waals surface area contributed by atoms with Crippen LogP contribution in [-0.2, 0) is 25.8 Å². The van der Waals surface area contributed by atoms with Gasteiger partial charge in [0.1, 0.15) is 0 Å². The predicted molar refractivity (Wildman–Crippen MR) is 83.7 cm³/mol. The van der Waals surface area contributed by atoms with Gasteiger partial charge in [-0.15, -0.1) is 12.8 Å². The Bertz CT molecular complexity index is 274. The quantitative estimate of drug-likeness (QED) is 0.394. The molecule has 2 aliphatic rings. The second-order valence-corrected chi connectivity index (χ2v) is 4.12. The monoisotopic (exact) mass is 424 g/mol. The molecule has 104 valence electrons. The maximum absolute atomic E-state index is 3.26. The average Bonchev–Trinajstić information content (AvgIpc) is 2.92. The Morgan fingerprint density at radius 1 is 0.842 bits per heavy atom. The molecule has 0 N–H and O–H groups in total. The molecular weight excluding hydrogens is 395 g/mol. The molecule has 0 radical (unpaired) electrons. The van der Waals surface area contributed by atoms with Gasteiger partial charge in [-0.25, -0.2) is 23.3 Å². The molecule has 2 aliphatic carbocycles. The molecule has 0 unspecified atom stereocenters. The Kier molecular flexibility index (Phi) is 20.0. The molecule has 0 spiro atoms. The van der Waals surface area contributed by atoms with Crippen molar-refractivity contribution in [3.8, 4) is 0 Å². The maximum atomic E-state index is 3.26. The molecule has 0 saturated heterocycles. The minimum Gasteiger partial charge on any atom is -0.358 e. The van der Waals surface area contributed by atoms with Gasteiger partial charge in [0.15, 0.2) is 0 Å². The van der Waals surface area contributed by atoms with Crippen LogP contribution >= 0.6 is 0 Å². The van der Waals surface area contributed by atoms with Crippen molar-refractivity contribution >= 4 is 0 Å². The van der Waals surface area contributed by atoms with Gasteiger partial charge in [-0.2, -0.15) is 12.2 Å². The van der Waals surface area contributed by atoms with Crippen LogP contribution in [0.15, 0.2) is 35.5 Å². The Morgan fingerprint density at radius 2 is 1.21 bits per heavy atom. The van der Waals surface area contributed by atoms with Crippen LogP contribution in [0.25, 0.3) is 0 Å². The summed E-state index contributed by atoms with van der Waals surface area (Å²) in [7, 11) is 0. The summed E-state index contributed by atoms with van der Waals surface area (Å²) in [6.45, 7) is 4.39. The topological polar surface area (TPSA) is 0 Å². The van der Waals surface area contributed by atoms with Crippen LogP contribution in [0.3, 0.4) is 0 Å². The van der Waals surface area contributed by atoms with Gasteiger partial charge in [0, 0.05) is 0 Å². The summed E-state index contributed by atoms with van der Waals surface area (Å²) < 4.78 is 0. The van der Waals surface area contributed by atoms with Gasteiger partial charge in [-0.1, -0.05) is 39.5 Å². The van der Waals surface area contributed by atoms with Crippen LogP contribution < -0.4 is 0 Å². The molecule has 0 amide bonds. The van der Waals surface area contributed by atoms with Gasteiger partial charge in [0.25, 0.3) is 0 Å². The van der Waals surface area contributed by atoms with E-state index >= 15 is 0 Å². The molecule has 0 atom stereocenters. The second kappa shape index (κ2) is 15.9. The molecule has 0 bridgehead atoms. The Balaban J connectivity index is -0.000000233. The van der Waals surface area contributed by atoms with Gasteiger partial charge < -0.3 is 14.9 Å². The zero-order valence-electron chi connectivity index (χ0n) is 13.1. The van der Waals surface area contributed by atoms with E-state index in [-0.39, 0.29) is 40.7 Å². The standard InChI is InChI=1S/2C8H11.2CH3.Hf/c2*1-2-5-8-6-3-4-7-8;;;/h2*3,6H,2,4-5H2,1H3;2*1H3;/q4*-1;+4. The smallest absolute Gasteiger partial charge is 0.358 e. The minimum atomic E-state index is 0. The van der Waals surface area contributed by atoms with Gasteiger partial charge in [0.05, 0.1) is 0 Å². The van der Waals surface area contributed by atoms with E-state index in [1.807, 2.05) is 0 Å². The third kappa shape index (κ3) is 11.4. The van der Waals surface area contributed by atoms with E-state index in [0.29, 0.717) is 0 Å². The molecule has 0 aromatic rings. The van der Waals surface area contributed by atoms with Gasteiger partial charge >= 0.3 is 25.8 Å². The minimum absolute atomic E-state index is 0. The fourth-order valence-electron chi connectivity index (χ4n) is 1.78. The van der Waals surface area contributed by atoms with Crippen molar-refractivity contribution in [3.63, 3.8) is 0 Å². The van der Waals surface area contributed by atoms with E-state index in [0.717, 1.165) is 12.8 Å². The van der Waals surface area contributed by atoms with E-state index in [1.54, 1.807) is 0 Å². The Hall–Kier alpha value is -0.170. The van der Waals surface area contributed by atoms with Crippen molar-refractivity contribution in [2.75, 3.05) is 0 Å². The molecule has 0 nitrogen and oxygen atoms in total. The molecule has 0 saturated carbocycles. The summed E-state index contributed by atoms with van der Waals surface area (Å²) in [6.07, 6.45) is 22.2. The van der Waals surface area contributed by atoms with E-state index < -0.39 is 0 Å². The third-order valence-corrected chi connectivity index (χ3v) is 2.57. The molecule has 2 rings (SSSR count). The van der Waals surface area contributed by atoms with Gasteiger partial charge in [-0.3, -0.25) is 12.2 Å². The van der Waals surface area contributed by atoms with Crippen molar-refractivity contribution in [1.29, 1.82) is 0 Å². The molecule has 1 heteroatoms. The van der Waals surface area contributed by atoms with Crippen molar-refractivity contribution < 1.29 is 25.8 Å². The van der Waals surface area contributed by atoms with E-state index in [2.05, 4.69) is 50.3 Å². The van der Waals surface area contributed by atoms with Gasteiger partial charge in [0.2, 0.25) is 0 Å². The molecule has 0 fully saturated rings. The van der Waals surface area contributed by atoms with Gasteiger partial charge in [-0.05, 0) is 0 Å². The Labute approximate surface area is 140 Å². The van der Waals surface area contributed by atoms with E-state index in [9.17, 15) is 0 Å².